The van der Waals surface area contributed by atoms with Crippen molar-refractivity contribution in [3.05, 3.63) is 90.5 Å². The number of hydrogen-bond acceptors (Lipinski definition) is 4. The quantitative estimate of drug-likeness (QED) is 0.225. The Morgan fingerprint density at radius 3 is 2.68 bits per heavy atom. The molecule has 4 aromatic rings. The van der Waals surface area contributed by atoms with Gasteiger partial charge in [0.05, 0.1) is 11.9 Å². The second-order valence-corrected chi connectivity index (χ2v) is 10.6. The standard InChI is InChI=1S/C24H20Cl2N2OS2/c25-17-11-10-16(19(26)12-17)14-30-24-27-22-21(18-8-4-5-9-20(18)31-22)23(29)28(24)13-15-6-2-1-3-7-15/h1-3,6-7,10-12H,4-5,8-9,13-14H2. The first-order valence-corrected chi connectivity index (χ1v) is 12.8. The van der Waals surface area contributed by atoms with Crippen LogP contribution < -0.4 is 5.56 Å². The lowest BCUT2D eigenvalue weighted by Crippen LogP contribution is -2.24. The Morgan fingerprint density at radius 1 is 1.06 bits per heavy atom. The maximum absolute atomic E-state index is 13.7. The van der Waals surface area contributed by atoms with Gasteiger partial charge >= 0.3 is 0 Å². The summed E-state index contributed by atoms with van der Waals surface area (Å²) < 4.78 is 1.83. The van der Waals surface area contributed by atoms with Gasteiger partial charge in [0.2, 0.25) is 0 Å². The molecular weight excluding hydrogens is 467 g/mol. The van der Waals surface area contributed by atoms with Crippen LogP contribution in [0.4, 0.5) is 0 Å². The minimum absolute atomic E-state index is 0.0676. The molecule has 0 spiro atoms. The fraction of sp³-hybridized carbons (Fsp3) is 0.250. The topological polar surface area (TPSA) is 34.9 Å². The molecule has 2 aromatic carbocycles. The Balaban J connectivity index is 1.59. The largest absolute Gasteiger partial charge is 0.283 e. The van der Waals surface area contributed by atoms with E-state index < -0.39 is 0 Å². The van der Waals surface area contributed by atoms with Crippen LogP contribution in [0.1, 0.15) is 34.4 Å². The molecule has 0 radical (unpaired) electrons. The van der Waals surface area contributed by atoms with Crippen molar-refractivity contribution in [2.24, 2.45) is 0 Å². The average Bonchev–Trinajstić information content (AvgIpc) is 3.15. The maximum Gasteiger partial charge on any atom is 0.263 e. The van der Waals surface area contributed by atoms with Gasteiger partial charge in [0.1, 0.15) is 4.83 Å². The normalized spacial score (nSPS) is 13.5. The zero-order chi connectivity index (χ0) is 21.4. The Labute approximate surface area is 199 Å². The van der Waals surface area contributed by atoms with Crippen LogP contribution in [0.15, 0.2) is 58.5 Å². The number of rotatable bonds is 5. The van der Waals surface area contributed by atoms with E-state index in [0.717, 1.165) is 45.8 Å². The molecule has 2 heterocycles. The summed E-state index contributed by atoms with van der Waals surface area (Å²) in [6.45, 7) is 0.504. The first-order chi connectivity index (χ1) is 15.1. The van der Waals surface area contributed by atoms with Gasteiger partial charge in [0, 0.05) is 20.7 Å². The first-order valence-electron chi connectivity index (χ1n) is 10.3. The van der Waals surface area contributed by atoms with Gasteiger partial charge in [0.15, 0.2) is 5.16 Å². The number of thioether (sulfide) groups is 1. The minimum Gasteiger partial charge on any atom is -0.283 e. The summed E-state index contributed by atoms with van der Waals surface area (Å²) in [5.74, 6) is 0.619. The number of halogens is 2. The van der Waals surface area contributed by atoms with E-state index in [2.05, 4.69) is 0 Å². The molecule has 0 atom stereocenters. The van der Waals surface area contributed by atoms with Crippen LogP contribution in [0.3, 0.4) is 0 Å². The molecule has 1 aliphatic rings. The number of thiophene rings is 1. The van der Waals surface area contributed by atoms with E-state index in [1.807, 2.05) is 47.0 Å². The van der Waals surface area contributed by atoms with E-state index in [-0.39, 0.29) is 5.56 Å². The van der Waals surface area contributed by atoms with Gasteiger partial charge < -0.3 is 0 Å². The van der Waals surface area contributed by atoms with Crippen molar-refractivity contribution < 1.29 is 0 Å². The number of aromatic nitrogens is 2. The van der Waals surface area contributed by atoms with Crippen LogP contribution in [-0.4, -0.2) is 9.55 Å². The Kier molecular flexibility index (Phi) is 6.11. The predicted molar refractivity (Wildman–Crippen MR) is 132 cm³/mol. The van der Waals surface area contributed by atoms with Gasteiger partial charge in [-0.1, -0.05) is 71.4 Å². The molecule has 0 aliphatic heterocycles. The van der Waals surface area contributed by atoms with Gasteiger partial charge in [-0.3, -0.25) is 9.36 Å². The summed E-state index contributed by atoms with van der Waals surface area (Å²) in [5, 5.41) is 2.79. The summed E-state index contributed by atoms with van der Waals surface area (Å²) in [7, 11) is 0. The third kappa shape index (κ3) is 4.29. The lowest BCUT2D eigenvalue weighted by Gasteiger charge is -2.14. The highest BCUT2D eigenvalue weighted by Crippen LogP contribution is 2.35. The van der Waals surface area contributed by atoms with Gasteiger partial charge in [-0.25, -0.2) is 4.98 Å². The highest BCUT2D eigenvalue weighted by molar-refractivity contribution is 7.98. The van der Waals surface area contributed by atoms with Crippen molar-refractivity contribution in [3.8, 4) is 0 Å². The zero-order valence-electron chi connectivity index (χ0n) is 16.7. The molecule has 0 bridgehead atoms. The van der Waals surface area contributed by atoms with Crippen LogP contribution in [-0.2, 0) is 25.1 Å². The molecule has 5 rings (SSSR count). The summed E-state index contributed by atoms with van der Waals surface area (Å²) in [6, 6.07) is 15.6. The van der Waals surface area contributed by atoms with Gasteiger partial charge in [-0.15, -0.1) is 11.3 Å². The summed E-state index contributed by atoms with van der Waals surface area (Å²) in [4.78, 5) is 20.9. The van der Waals surface area contributed by atoms with Crippen LogP contribution in [0, 0.1) is 0 Å². The molecule has 0 N–H and O–H groups in total. The molecule has 1 aliphatic carbocycles. The van der Waals surface area contributed by atoms with Crippen LogP contribution in [0.5, 0.6) is 0 Å². The first kappa shape index (κ1) is 21.1. The molecule has 3 nitrogen and oxygen atoms in total. The molecule has 0 saturated carbocycles. The molecule has 0 fully saturated rings. The highest BCUT2D eigenvalue weighted by atomic mass is 35.5. The van der Waals surface area contributed by atoms with Crippen LogP contribution in [0.25, 0.3) is 10.2 Å². The molecule has 2 aromatic heterocycles. The van der Waals surface area contributed by atoms with Gasteiger partial charge in [0.25, 0.3) is 5.56 Å². The van der Waals surface area contributed by atoms with Crippen LogP contribution >= 0.6 is 46.3 Å². The summed E-state index contributed by atoms with van der Waals surface area (Å²) in [6.07, 6.45) is 4.36. The van der Waals surface area contributed by atoms with E-state index in [4.69, 9.17) is 28.2 Å². The lowest BCUT2D eigenvalue weighted by atomic mass is 9.97. The molecule has 0 saturated heterocycles. The zero-order valence-corrected chi connectivity index (χ0v) is 19.9. The second-order valence-electron chi connectivity index (χ2n) is 7.69. The number of hydrogen-bond donors (Lipinski definition) is 0. The minimum atomic E-state index is 0.0676. The fourth-order valence-corrected chi connectivity index (χ4v) is 6.88. The van der Waals surface area contributed by atoms with E-state index in [1.54, 1.807) is 29.2 Å². The second kappa shape index (κ2) is 8.99. The number of nitrogens with zero attached hydrogens (tertiary/aromatic N) is 2. The number of fused-ring (bicyclic) bond motifs is 3. The smallest absolute Gasteiger partial charge is 0.263 e. The van der Waals surface area contributed by atoms with E-state index in [9.17, 15) is 4.79 Å². The van der Waals surface area contributed by atoms with E-state index in [1.165, 1.54) is 16.9 Å². The lowest BCUT2D eigenvalue weighted by molar-refractivity contribution is 0.656. The van der Waals surface area contributed by atoms with Crippen molar-refractivity contribution in [1.82, 2.24) is 9.55 Å². The van der Waals surface area contributed by atoms with Crippen molar-refractivity contribution in [3.63, 3.8) is 0 Å². The average molecular weight is 487 g/mol. The third-order valence-corrected chi connectivity index (χ3v) is 8.39. The summed E-state index contributed by atoms with van der Waals surface area (Å²) >= 11 is 15.6. The van der Waals surface area contributed by atoms with E-state index >= 15 is 0 Å². The highest BCUT2D eigenvalue weighted by Gasteiger charge is 2.22. The van der Waals surface area contributed by atoms with Crippen molar-refractivity contribution >= 4 is 56.5 Å². The monoisotopic (exact) mass is 486 g/mol. The maximum atomic E-state index is 13.7. The van der Waals surface area contributed by atoms with Crippen LogP contribution in [0.2, 0.25) is 10.0 Å². The van der Waals surface area contributed by atoms with Gasteiger partial charge in [-0.05, 0) is 54.5 Å². The number of aryl methyl sites for hydroxylation is 2. The molecule has 0 amide bonds. The Morgan fingerprint density at radius 2 is 1.87 bits per heavy atom. The third-order valence-electron chi connectivity index (χ3n) is 5.60. The van der Waals surface area contributed by atoms with Crippen molar-refractivity contribution in [2.45, 2.75) is 43.1 Å². The molecule has 31 heavy (non-hydrogen) atoms. The summed E-state index contributed by atoms with van der Waals surface area (Å²) in [5.41, 5.74) is 3.35. The van der Waals surface area contributed by atoms with E-state index in [0.29, 0.717) is 22.3 Å². The molecule has 158 valence electrons. The Hall–Kier alpha value is -1.79. The number of benzene rings is 2. The molecule has 0 unspecified atom stereocenters. The predicted octanol–water partition coefficient (Wildman–Crippen LogP) is 6.98. The SMILES string of the molecule is O=c1c2c3c(sc2nc(SCc2ccc(Cl)cc2Cl)n1Cc1ccccc1)CCCC3. The van der Waals surface area contributed by atoms with Crippen molar-refractivity contribution in [2.75, 3.05) is 0 Å². The molecular formula is C24H20Cl2N2OS2. The van der Waals surface area contributed by atoms with Crippen molar-refractivity contribution in [1.29, 1.82) is 0 Å². The Bertz CT molecular complexity index is 1310. The van der Waals surface area contributed by atoms with Gasteiger partial charge in [-0.2, -0.15) is 0 Å². The fourth-order valence-electron chi connectivity index (χ4n) is 4.02. The molecule has 7 heteroatoms.